The molecule has 0 unspecified atom stereocenters. The Kier molecular flexibility index (Phi) is 5.22. The maximum atomic E-state index is 13.7. The first-order valence-corrected chi connectivity index (χ1v) is 8.74. The number of amides is 3. The fourth-order valence-corrected chi connectivity index (χ4v) is 3.32. The minimum absolute atomic E-state index is 0.0152. The summed E-state index contributed by atoms with van der Waals surface area (Å²) in [6.07, 6.45) is 1.47. The third kappa shape index (κ3) is 4.01. The summed E-state index contributed by atoms with van der Waals surface area (Å²) < 4.78 is 27.4. The molecule has 3 rings (SSSR count). The number of urea groups is 1. The average molecular weight is 424 g/mol. The number of benzene rings is 2. The van der Waals surface area contributed by atoms with Crippen molar-refractivity contribution in [1.29, 1.82) is 0 Å². The smallest absolute Gasteiger partial charge is 0.319 e. The second-order valence-electron chi connectivity index (χ2n) is 6.20. The van der Waals surface area contributed by atoms with E-state index in [1.165, 1.54) is 18.2 Å². The zero-order valence-electron chi connectivity index (χ0n) is 13.6. The SMILES string of the molecule is NC(=O)c1ccc(NC(=O)NC2CC(c3ccc(F)c(Br)c3)C2)cc1F. The van der Waals surface area contributed by atoms with Gasteiger partial charge in [0, 0.05) is 11.7 Å². The van der Waals surface area contributed by atoms with Crippen LogP contribution in [0, 0.1) is 11.6 Å². The van der Waals surface area contributed by atoms with Gasteiger partial charge < -0.3 is 16.4 Å². The normalized spacial score (nSPS) is 18.7. The maximum absolute atomic E-state index is 13.7. The van der Waals surface area contributed by atoms with Gasteiger partial charge >= 0.3 is 6.03 Å². The summed E-state index contributed by atoms with van der Waals surface area (Å²) in [6.45, 7) is 0. The summed E-state index contributed by atoms with van der Waals surface area (Å²) >= 11 is 3.17. The predicted octanol–water partition coefficient (Wildman–Crippen LogP) is 3.89. The third-order valence-corrected chi connectivity index (χ3v) is 4.99. The van der Waals surface area contributed by atoms with Crippen molar-refractivity contribution in [2.24, 2.45) is 5.73 Å². The van der Waals surface area contributed by atoms with Gasteiger partial charge in [0.25, 0.3) is 5.91 Å². The van der Waals surface area contributed by atoms with Crippen molar-refractivity contribution in [2.75, 3.05) is 5.32 Å². The number of anilines is 1. The molecule has 0 aliphatic heterocycles. The van der Waals surface area contributed by atoms with Gasteiger partial charge in [0.05, 0.1) is 10.0 Å². The Morgan fingerprint density at radius 2 is 1.81 bits per heavy atom. The molecular formula is C18H16BrF2N3O2. The lowest BCUT2D eigenvalue weighted by Crippen LogP contribution is -2.45. The minimum atomic E-state index is -0.869. The Labute approximate surface area is 157 Å². The lowest BCUT2D eigenvalue weighted by Gasteiger charge is -2.36. The summed E-state index contributed by atoms with van der Waals surface area (Å²) in [5, 5.41) is 5.32. The highest BCUT2D eigenvalue weighted by atomic mass is 79.9. The van der Waals surface area contributed by atoms with Crippen LogP contribution in [0.2, 0.25) is 0 Å². The van der Waals surface area contributed by atoms with Crippen LogP contribution in [-0.2, 0) is 0 Å². The Balaban J connectivity index is 1.51. The second-order valence-corrected chi connectivity index (χ2v) is 7.05. The van der Waals surface area contributed by atoms with E-state index >= 15 is 0 Å². The number of halogens is 3. The fourth-order valence-electron chi connectivity index (χ4n) is 2.92. The Morgan fingerprint density at radius 1 is 1.08 bits per heavy atom. The van der Waals surface area contributed by atoms with E-state index in [2.05, 4.69) is 26.6 Å². The van der Waals surface area contributed by atoms with Crippen molar-refractivity contribution >= 4 is 33.6 Å². The lowest BCUT2D eigenvalue weighted by atomic mass is 9.76. The van der Waals surface area contributed by atoms with Crippen LogP contribution in [-0.4, -0.2) is 18.0 Å². The van der Waals surface area contributed by atoms with E-state index in [1.807, 2.05) is 0 Å². The number of carbonyl (C=O) groups is 2. The summed E-state index contributed by atoms with van der Waals surface area (Å²) in [5.74, 6) is -1.71. The largest absolute Gasteiger partial charge is 0.366 e. The van der Waals surface area contributed by atoms with Crippen molar-refractivity contribution in [3.05, 3.63) is 63.6 Å². The highest BCUT2D eigenvalue weighted by Crippen LogP contribution is 2.38. The van der Waals surface area contributed by atoms with Gasteiger partial charge in [-0.05, 0) is 70.6 Å². The first kappa shape index (κ1) is 18.3. The quantitative estimate of drug-likeness (QED) is 0.696. The molecule has 1 aliphatic rings. The molecule has 0 spiro atoms. The van der Waals surface area contributed by atoms with Crippen molar-refractivity contribution in [3.8, 4) is 0 Å². The summed E-state index contributed by atoms with van der Waals surface area (Å²) in [7, 11) is 0. The molecule has 4 N–H and O–H groups in total. The van der Waals surface area contributed by atoms with Crippen LogP contribution in [0.1, 0.15) is 34.7 Å². The van der Waals surface area contributed by atoms with Crippen molar-refractivity contribution in [3.63, 3.8) is 0 Å². The number of carbonyl (C=O) groups excluding carboxylic acids is 2. The molecule has 2 aromatic carbocycles. The van der Waals surface area contributed by atoms with Gasteiger partial charge in [0.15, 0.2) is 0 Å². The van der Waals surface area contributed by atoms with Crippen LogP contribution in [0.4, 0.5) is 19.3 Å². The Morgan fingerprint density at radius 3 is 2.42 bits per heavy atom. The number of primary amides is 1. The van der Waals surface area contributed by atoms with E-state index in [9.17, 15) is 18.4 Å². The molecule has 5 nitrogen and oxygen atoms in total. The molecule has 8 heteroatoms. The summed E-state index contributed by atoms with van der Waals surface area (Å²) in [5.41, 5.74) is 6.04. The van der Waals surface area contributed by atoms with Crippen molar-refractivity contribution < 1.29 is 18.4 Å². The summed E-state index contributed by atoms with van der Waals surface area (Å²) in [4.78, 5) is 23.0. The molecule has 0 heterocycles. The number of hydrogen-bond donors (Lipinski definition) is 3. The van der Waals surface area contributed by atoms with Gasteiger partial charge in [-0.3, -0.25) is 4.79 Å². The molecule has 136 valence electrons. The van der Waals surface area contributed by atoms with Gasteiger partial charge in [-0.2, -0.15) is 0 Å². The molecule has 0 aromatic heterocycles. The first-order chi connectivity index (χ1) is 12.3. The van der Waals surface area contributed by atoms with Gasteiger partial charge in [0.1, 0.15) is 11.6 Å². The standard InChI is InChI=1S/C18H16BrF2N3O2/c19-14-7-9(1-4-15(14)20)10-5-12(6-10)24-18(26)23-11-2-3-13(17(22)25)16(21)8-11/h1-4,7-8,10,12H,5-6H2,(H2,22,25)(H2,23,24,26). The molecule has 0 saturated heterocycles. The average Bonchev–Trinajstić information content (AvgIpc) is 2.53. The van der Waals surface area contributed by atoms with Gasteiger partial charge in [-0.1, -0.05) is 6.07 Å². The van der Waals surface area contributed by atoms with E-state index in [0.717, 1.165) is 24.5 Å². The monoisotopic (exact) mass is 423 g/mol. The highest BCUT2D eigenvalue weighted by Gasteiger charge is 2.31. The zero-order chi connectivity index (χ0) is 18.8. The van der Waals surface area contributed by atoms with Crippen LogP contribution >= 0.6 is 15.9 Å². The number of hydrogen-bond acceptors (Lipinski definition) is 2. The molecule has 1 fully saturated rings. The summed E-state index contributed by atoms with van der Waals surface area (Å²) in [6, 6.07) is 8.10. The second kappa shape index (κ2) is 7.41. The number of nitrogens with one attached hydrogen (secondary N) is 2. The molecular weight excluding hydrogens is 408 g/mol. The molecule has 26 heavy (non-hydrogen) atoms. The molecule has 0 bridgehead atoms. The van der Waals surface area contributed by atoms with E-state index in [-0.39, 0.29) is 29.0 Å². The van der Waals surface area contributed by atoms with Gasteiger partial charge in [-0.25, -0.2) is 13.6 Å². The predicted molar refractivity (Wildman–Crippen MR) is 96.9 cm³/mol. The van der Waals surface area contributed by atoms with Crippen molar-refractivity contribution in [1.82, 2.24) is 5.32 Å². The van der Waals surface area contributed by atoms with E-state index in [1.54, 1.807) is 12.1 Å². The van der Waals surface area contributed by atoms with E-state index in [0.29, 0.717) is 4.47 Å². The lowest BCUT2D eigenvalue weighted by molar-refractivity contribution is 0.0996. The maximum Gasteiger partial charge on any atom is 0.319 e. The van der Waals surface area contributed by atoms with Crippen molar-refractivity contribution in [2.45, 2.75) is 24.8 Å². The number of nitrogens with two attached hydrogens (primary N) is 1. The molecule has 1 aliphatic carbocycles. The molecule has 2 aromatic rings. The third-order valence-electron chi connectivity index (χ3n) is 4.38. The van der Waals surface area contributed by atoms with Crippen LogP contribution < -0.4 is 16.4 Å². The van der Waals surface area contributed by atoms with Crippen LogP contribution in [0.5, 0.6) is 0 Å². The van der Waals surface area contributed by atoms with E-state index < -0.39 is 17.8 Å². The first-order valence-electron chi connectivity index (χ1n) is 7.95. The highest BCUT2D eigenvalue weighted by molar-refractivity contribution is 9.10. The van der Waals surface area contributed by atoms with Crippen LogP contribution in [0.15, 0.2) is 40.9 Å². The van der Waals surface area contributed by atoms with Gasteiger partial charge in [0.2, 0.25) is 0 Å². The number of rotatable bonds is 4. The molecule has 0 radical (unpaired) electrons. The van der Waals surface area contributed by atoms with Crippen LogP contribution in [0.25, 0.3) is 0 Å². The van der Waals surface area contributed by atoms with Gasteiger partial charge in [-0.15, -0.1) is 0 Å². The Hall–Kier alpha value is -2.48. The van der Waals surface area contributed by atoms with E-state index in [4.69, 9.17) is 5.73 Å². The zero-order valence-corrected chi connectivity index (χ0v) is 15.1. The fraction of sp³-hybridized carbons (Fsp3) is 0.222. The molecule has 1 saturated carbocycles. The topological polar surface area (TPSA) is 84.2 Å². The molecule has 3 amide bonds. The minimum Gasteiger partial charge on any atom is -0.366 e. The Bertz CT molecular complexity index is 870. The molecule has 0 atom stereocenters. The van der Waals surface area contributed by atoms with Crippen LogP contribution in [0.3, 0.4) is 0 Å².